The van der Waals surface area contributed by atoms with Crippen molar-refractivity contribution in [3.63, 3.8) is 0 Å². The first-order valence-corrected chi connectivity index (χ1v) is 10.1. The second-order valence-corrected chi connectivity index (χ2v) is 6.79. The van der Waals surface area contributed by atoms with Crippen LogP contribution in [0.4, 0.5) is 0 Å². The highest BCUT2D eigenvalue weighted by Crippen LogP contribution is 2.10. The summed E-state index contributed by atoms with van der Waals surface area (Å²) >= 11 is 0. The number of hydrogen-bond acceptors (Lipinski definition) is 4. The maximum atomic E-state index is 12.2. The quantitative estimate of drug-likeness (QED) is 0.364. The van der Waals surface area contributed by atoms with Crippen LogP contribution in [0.1, 0.15) is 83.7 Å². The molecular weight excluding hydrogens is 330 g/mol. The fraction of sp³-hybridized carbons (Fsp3) is 0.750. The lowest BCUT2D eigenvalue weighted by molar-refractivity contribution is -0.147. The van der Waals surface area contributed by atoms with E-state index in [0.29, 0.717) is 19.4 Å². The number of imidazole rings is 1. The van der Waals surface area contributed by atoms with Crippen LogP contribution < -0.4 is 5.32 Å². The molecule has 1 rings (SSSR count). The van der Waals surface area contributed by atoms with Crippen LogP contribution in [0.5, 0.6) is 0 Å². The molecule has 0 aliphatic heterocycles. The number of unbranched alkanes of at least 4 members (excludes halogenated alkanes) is 7. The van der Waals surface area contributed by atoms with Gasteiger partial charge >= 0.3 is 5.97 Å². The third kappa shape index (κ3) is 10.2. The monoisotopic (exact) mass is 365 g/mol. The van der Waals surface area contributed by atoms with Gasteiger partial charge in [0.25, 0.3) is 0 Å². The van der Waals surface area contributed by atoms with E-state index in [9.17, 15) is 9.59 Å². The van der Waals surface area contributed by atoms with Gasteiger partial charge in [0.05, 0.1) is 12.9 Å². The number of nitrogens with zero attached hydrogens (tertiary/aromatic N) is 1. The van der Waals surface area contributed by atoms with E-state index in [4.69, 9.17) is 4.74 Å². The van der Waals surface area contributed by atoms with E-state index in [0.717, 1.165) is 25.0 Å². The van der Waals surface area contributed by atoms with Crippen molar-refractivity contribution >= 4 is 11.9 Å². The minimum atomic E-state index is -0.663. The van der Waals surface area contributed by atoms with Crippen molar-refractivity contribution in [3.05, 3.63) is 18.2 Å². The Labute approximate surface area is 157 Å². The minimum Gasteiger partial charge on any atom is -0.464 e. The number of amides is 1. The highest BCUT2D eigenvalue weighted by molar-refractivity contribution is 5.84. The first-order chi connectivity index (χ1) is 12.7. The van der Waals surface area contributed by atoms with Gasteiger partial charge < -0.3 is 15.0 Å². The Kier molecular flexibility index (Phi) is 12.2. The summed E-state index contributed by atoms with van der Waals surface area (Å²) in [5.74, 6) is -0.473. The molecule has 0 fully saturated rings. The van der Waals surface area contributed by atoms with Crippen molar-refractivity contribution in [1.29, 1.82) is 0 Å². The van der Waals surface area contributed by atoms with Crippen LogP contribution in [0.2, 0.25) is 0 Å². The van der Waals surface area contributed by atoms with E-state index in [1.165, 1.54) is 38.5 Å². The molecule has 0 aliphatic rings. The van der Waals surface area contributed by atoms with Crippen molar-refractivity contribution in [3.8, 4) is 0 Å². The SMILES string of the molecule is CCCCCCCCCCC(=O)N[C@@H](Cc1cnc[nH]1)C(=O)OCCC. The molecule has 0 aliphatic carbocycles. The van der Waals surface area contributed by atoms with Gasteiger partial charge in [-0.1, -0.05) is 58.8 Å². The first kappa shape index (κ1) is 22.2. The molecule has 6 heteroatoms. The van der Waals surface area contributed by atoms with Gasteiger partial charge in [-0.15, -0.1) is 0 Å². The van der Waals surface area contributed by atoms with Crippen molar-refractivity contribution in [2.75, 3.05) is 6.61 Å². The zero-order valence-corrected chi connectivity index (χ0v) is 16.4. The Balaban J connectivity index is 2.29. The van der Waals surface area contributed by atoms with E-state index < -0.39 is 6.04 Å². The van der Waals surface area contributed by atoms with Crippen molar-refractivity contribution < 1.29 is 14.3 Å². The van der Waals surface area contributed by atoms with Crippen molar-refractivity contribution in [1.82, 2.24) is 15.3 Å². The van der Waals surface area contributed by atoms with Crippen molar-refractivity contribution in [2.45, 2.75) is 90.5 Å². The number of carbonyl (C=O) groups is 2. The number of rotatable bonds is 15. The summed E-state index contributed by atoms with van der Waals surface area (Å²) < 4.78 is 5.20. The van der Waals surface area contributed by atoms with Crippen LogP contribution in [0.15, 0.2) is 12.5 Å². The number of aromatic amines is 1. The van der Waals surface area contributed by atoms with Crippen LogP contribution in [-0.4, -0.2) is 34.5 Å². The molecule has 1 amide bonds. The summed E-state index contributed by atoms with van der Waals surface area (Å²) in [5.41, 5.74) is 0.802. The largest absolute Gasteiger partial charge is 0.464 e. The van der Waals surface area contributed by atoms with Crippen LogP contribution in [0.3, 0.4) is 0 Å². The van der Waals surface area contributed by atoms with E-state index in [1.54, 1.807) is 12.5 Å². The summed E-state index contributed by atoms with van der Waals surface area (Å²) in [6, 6.07) is -0.663. The lowest BCUT2D eigenvalue weighted by Gasteiger charge is -2.17. The molecule has 0 spiro atoms. The van der Waals surface area contributed by atoms with Crippen LogP contribution in [-0.2, 0) is 20.7 Å². The molecule has 1 atom stereocenters. The Hall–Kier alpha value is -1.85. The summed E-state index contributed by atoms with van der Waals surface area (Å²) in [6.07, 6.45) is 14.3. The maximum Gasteiger partial charge on any atom is 0.329 e. The second kappa shape index (κ2) is 14.3. The normalized spacial score (nSPS) is 11.9. The summed E-state index contributed by atoms with van der Waals surface area (Å²) in [5, 5.41) is 2.82. The van der Waals surface area contributed by atoms with Crippen LogP contribution in [0, 0.1) is 0 Å². The molecule has 1 heterocycles. The molecule has 1 aromatic heterocycles. The Morgan fingerprint density at radius 2 is 1.77 bits per heavy atom. The molecule has 0 bridgehead atoms. The van der Waals surface area contributed by atoms with Gasteiger partial charge in [0, 0.05) is 24.7 Å². The molecule has 6 nitrogen and oxygen atoms in total. The first-order valence-electron chi connectivity index (χ1n) is 10.1. The number of aromatic nitrogens is 2. The molecule has 0 aromatic carbocycles. The third-order valence-corrected chi connectivity index (χ3v) is 4.30. The topological polar surface area (TPSA) is 84.1 Å². The summed E-state index contributed by atoms with van der Waals surface area (Å²) in [7, 11) is 0. The molecule has 0 unspecified atom stereocenters. The van der Waals surface area contributed by atoms with E-state index in [2.05, 4.69) is 22.2 Å². The number of hydrogen-bond donors (Lipinski definition) is 2. The zero-order chi connectivity index (χ0) is 19.0. The zero-order valence-electron chi connectivity index (χ0n) is 16.4. The van der Waals surface area contributed by atoms with Gasteiger partial charge in [0.1, 0.15) is 6.04 Å². The third-order valence-electron chi connectivity index (χ3n) is 4.30. The average Bonchev–Trinajstić information content (AvgIpc) is 3.14. The number of ether oxygens (including phenoxy) is 1. The van der Waals surface area contributed by atoms with Gasteiger partial charge in [0.15, 0.2) is 0 Å². The molecule has 0 radical (unpaired) electrons. The van der Waals surface area contributed by atoms with Crippen LogP contribution >= 0.6 is 0 Å². The van der Waals surface area contributed by atoms with E-state index in [1.807, 2.05) is 6.92 Å². The minimum absolute atomic E-state index is 0.0889. The predicted molar refractivity (Wildman–Crippen MR) is 103 cm³/mol. The number of carbonyl (C=O) groups excluding carboxylic acids is 2. The van der Waals surface area contributed by atoms with Crippen molar-refractivity contribution in [2.24, 2.45) is 0 Å². The van der Waals surface area contributed by atoms with E-state index >= 15 is 0 Å². The van der Waals surface area contributed by atoms with Gasteiger partial charge in [-0.2, -0.15) is 0 Å². The summed E-state index contributed by atoms with van der Waals surface area (Å²) in [6.45, 7) is 4.53. The Morgan fingerprint density at radius 3 is 2.38 bits per heavy atom. The molecule has 0 saturated carbocycles. The lowest BCUT2D eigenvalue weighted by Crippen LogP contribution is -2.43. The van der Waals surface area contributed by atoms with Gasteiger partial charge in [-0.05, 0) is 12.8 Å². The average molecular weight is 366 g/mol. The van der Waals surface area contributed by atoms with Gasteiger partial charge in [0.2, 0.25) is 5.91 Å². The lowest BCUT2D eigenvalue weighted by atomic mass is 10.1. The molecule has 26 heavy (non-hydrogen) atoms. The predicted octanol–water partition coefficient (Wildman–Crippen LogP) is 3.92. The standard InChI is InChI=1S/C20H35N3O3/c1-3-5-6-7-8-9-10-11-12-19(24)23-18(20(25)26-13-4-2)14-17-15-21-16-22-17/h15-16,18H,3-14H2,1-2H3,(H,21,22)(H,23,24)/t18-/m0/s1. The van der Waals surface area contributed by atoms with Crippen LogP contribution in [0.25, 0.3) is 0 Å². The highest BCUT2D eigenvalue weighted by Gasteiger charge is 2.23. The fourth-order valence-electron chi connectivity index (χ4n) is 2.80. The fourth-order valence-corrected chi connectivity index (χ4v) is 2.80. The molecule has 148 valence electrons. The maximum absolute atomic E-state index is 12.2. The molecule has 1 aromatic rings. The van der Waals surface area contributed by atoms with E-state index in [-0.39, 0.29) is 11.9 Å². The number of nitrogens with one attached hydrogen (secondary N) is 2. The highest BCUT2D eigenvalue weighted by atomic mass is 16.5. The molecule has 0 saturated heterocycles. The van der Waals surface area contributed by atoms with Gasteiger partial charge in [-0.3, -0.25) is 4.79 Å². The second-order valence-electron chi connectivity index (χ2n) is 6.79. The molecular formula is C20H35N3O3. The Morgan fingerprint density at radius 1 is 1.08 bits per heavy atom. The number of H-pyrrole nitrogens is 1. The number of esters is 1. The smallest absolute Gasteiger partial charge is 0.329 e. The Bertz CT molecular complexity index is 489. The van der Waals surface area contributed by atoms with Gasteiger partial charge in [-0.25, -0.2) is 9.78 Å². The molecule has 2 N–H and O–H groups in total. The summed E-state index contributed by atoms with van der Waals surface area (Å²) in [4.78, 5) is 31.3.